The maximum atomic E-state index is 8.79. The highest BCUT2D eigenvalue weighted by molar-refractivity contribution is 4.97. The smallest absolute Gasteiger partial charge is 0.154 e. The molecule has 1 saturated carbocycles. The summed E-state index contributed by atoms with van der Waals surface area (Å²) in [6, 6.07) is 2.40. The molecule has 2 aliphatic rings. The Morgan fingerprint density at radius 1 is 1.00 bits per heavy atom. The summed E-state index contributed by atoms with van der Waals surface area (Å²) in [6.07, 6.45) is 4.70. The van der Waals surface area contributed by atoms with Gasteiger partial charge in [0.25, 0.3) is 0 Å². The summed E-state index contributed by atoms with van der Waals surface area (Å²) >= 11 is 0. The third-order valence-corrected chi connectivity index (χ3v) is 3.88. The second-order valence-corrected chi connectivity index (χ2v) is 6.19. The van der Waals surface area contributed by atoms with Crippen LogP contribution < -0.4 is 0 Å². The van der Waals surface area contributed by atoms with Crippen LogP contribution in [-0.4, -0.2) is 19.5 Å². The Morgan fingerprint density at radius 3 is 1.89 bits per heavy atom. The van der Waals surface area contributed by atoms with Gasteiger partial charge in [-0.3, -0.25) is 0 Å². The summed E-state index contributed by atoms with van der Waals surface area (Å²) in [4.78, 5) is 0. The zero-order valence-electron chi connectivity index (χ0n) is 12.2. The quantitative estimate of drug-likeness (QED) is 0.660. The Kier molecular flexibility index (Phi) is 6.11. The Labute approximate surface area is 111 Å². The van der Waals surface area contributed by atoms with Crippen molar-refractivity contribution in [3.05, 3.63) is 0 Å². The molecule has 104 valence electrons. The molecule has 0 unspecified atom stereocenters. The number of ether oxygens (including phenoxy) is 2. The number of nitriles is 1. The standard InChI is InChI=1S/C9H15N.C6H12O2/c1-8-3-5-9(2,7-10)6-4-8;1-5-3-7-6(2)8-4-5/h8H,3-6H2,1-2H3;5-6H,3-4H2,1-2H3. The number of rotatable bonds is 0. The van der Waals surface area contributed by atoms with Gasteiger partial charge in [0, 0.05) is 5.92 Å². The summed E-state index contributed by atoms with van der Waals surface area (Å²) in [5.74, 6) is 1.42. The zero-order chi connectivity index (χ0) is 13.6. The Morgan fingerprint density at radius 2 is 1.50 bits per heavy atom. The first kappa shape index (κ1) is 15.5. The molecule has 0 N–H and O–H groups in total. The SMILES string of the molecule is CC1CCC(C)(C#N)CC1.CC1COC(C)OC1. The molecular weight excluding hydrogens is 226 g/mol. The first-order chi connectivity index (χ1) is 8.45. The average Bonchev–Trinajstić information content (AvgIpc) is 2.38. The minimum Gasteiger partial charge on any atom is -0.353 e. The van der Waals surface area contributed by atoms with Crippen LogP contribution >= 0.6 is 0 Å². The summed E-state index contributed by atoms with van der Waals surface area (Å²) in [5, 5.41) is 8.79. The second kappa shape index (κ2) is 7.11. The Hall–Kier alpha value is -0.590. The van der Waals surface area contributed by atoms with Gasteiger partial charge in [0.15, 0.2) is 6.29 Å². The zero-order valence-corrected chi connectivity index (χ0v) is 12.2. The highest BCUT2D eigenvalue weighted by Crippen LogP contribution is 2.37. The van der Waals surface area contributed by atoms with Gasteiger partial charge in [-0.2, -0.15) is 5.26 Å². The predicted molar refractivity (Wildman–Crippen MR) is 71.9 cm³/mol. The molecule has 2 rings (SSSR count). The molecule has 0 spiro atoms. The molecular formula is C15H27NO2. The van der Waals surface area contributed by atoms with Crippen molar-refractivity contribution in [2.24, 2.45) is 17.3 Å². The van der Waals surface area contributed by atoms with Gasteiger partial charge in [0.1, 0.15) is 0 Å². The molecule has 2 fully saturated rings. The third-order valence-electron chi connectivity index (χ3n) is 3.88. The molecule has 1 aliphatic heterocycles. The van der Waals surface area contributed by atoms with Gasteiger partial charge in [0.05, 0.1) is 24.7 Å². The first-order valence-corrected chi connectivity index (χ1v) is 7.09. The van der Waals surface area contributed by atoms with Crippen LogP contribution in [0.25, 0.3) is 0 Å². The van der Waals surface area contributed by atoms with Crippen LogP contribution in [-0.2, 0) is 9.47 Å². The van der Waals surface area contributed by atoms with Crippen LogP contribution in [0.3, 0.4) is 0 Å². The van der Waals surface area contributed by atoms with E-state index in [1.807, 2.05) is 6.92 Å². The normalized spacial score (nSPS) is 40.3. The van der Waals surface area contributed by atoms with Crippen LogP contribution in [0.4, 0.5) is 0 Å². The van der Waals surface area contributed by atoms with E-state index in [1.165, 1.54) is 12.8 Å². The Bertz CT molecular complexity index is 259. The minimum atomic E-state index is 0.00646. The largest absolute Gasteiger partial charge is 0.353 e. The molecule has 0 aromatic heterocycles. The fraction of sp³-hybridized carbons (Fsp3) is 0.933. The molecule has 0 aromatic rings. The van der Waals surface area contributed by atoms with Crippen molar-refractivity contribution in [1.29, 1.82) is 5.26 Å². The molecule has 1 saturated heterocycles. The summed E-state index contributed by atoms with van der Waals surface area (Å²) in [5.41, 5.74) is 0.00646. The molecule has 18 heavy (non-hydrogen) atoms. The monoisotopic (exact) mass is 253 g/mol. The van der Waals surface area contributed by atoms with Crippen molar-refractivity contribution in [2.75, 3.05) is 13.2 Å². The van der Waals surface area contributed by atoms with Gasteiger partial charge in [-0.05, 0) is 45.4 Å². The lowest BCUT2D eigenvalue weighted by Crippen LogP contribution is -2.27. The molecule has 1 aliphatic carbocycles. The van der Waals surface area contributed by atoms with Gasteiger partial charge >= 0.3 is 0 Å². The highest BCUT2D eigenvalue weighted by Gasteiger charge is 2.28. The van der Waals surface area contributed by atoms with E-state index < -0.39 is 0 Å². The van der Waals surface area contributed by atoms with Crippen molar-refractivity contribution in [2.45, 2.75) is 59.7 Å². The van der Waals surface area contributed by atoms with Crippen LogP contribution in [0, 0.1) is 28.6 Å². The average molecular weight is 253 g/mol. The molecule has 1 heterocycles. The predicted octanol–water partition coefficient (Wildman–Crippen LogP) is 3.74. The minimum absolute atomic E-state index is 0.00646. The second-order valence-electron chi connectivity index (χ2n) is 6.19. The molecule has 3 heteroatoms. The molecule has 0 radical (unpaired) electrons. The topological polar surface area (TPSA) is 42.2 Å². The van der Waals surface area contributed by atoms with Gasteiger partial charge in [0.2, 0.25) is 0 Å². The third kappa shape index (κ3) is 5.37. The summed E-state index contributed by atoms with van der Waals surface area (Å²) < 4.78 is 10.3. The van der Waals surface area contributed by atoms with Crippen LogP contribution in [0.15, 0.2) is 0 Å². The lowest BCUT2D eigenvalue weighted by atomic mass is 9.73. The summed E-state index contributed by atoms with van der Waals surface area (Å²) in [7, 11) is 0. The van der Waals surface area contributed by atoms with Gasteiger partial charge in [-0.25, -0.2) is 0 Å². The van der Waals surface area contributed by atoms with Crippen LogP contribution in [0.2, 0.25) is 0 Å². The van der Waals surface area contributed by atoms with E-state index in [4.69, 9.17) is 14.7 Å². The van der Waals surface area contributed by atoms with E-state index in [2.05, 4.69) is 26.8 Å². The van der Waals surface area contributed by atoms with E-state index in [0.29, 0.717) is 5.92 Å². The number of hydrogen-bond donors (Lipinski definition) is 0. The fourth-order valence-electron chi connectivity index (χ4n) is 2.21. The van der Waals surface area contributed by atoms with E-state index in [9.17, 15) is 0 Å². The lowest BCUT2D eigenvalue weighted by molar-refractivity contribution is -0.187. The number of nitrogens with zero attached hydrogens (tertiary/aromatic N) is 1. The Balaban J connectivity index is 0.000000184. The van der Waals surface area contributed by atoms with Crippen LogP contribution in [0.5, 0.6) is 0 Å². The van der Waals surface area contributed by atoms with Crippen LogP contribution in [0.1, 0.15) is 53.4 Å². The van der Waals surface area contributed by atoms with Gasteiger partial charge in [-0.15, -0.1) is 0 Å². The van der Waals surface area contributed by atoms with Crippen molar-refractivity contribution >= 4 is 0 Å². The fourth-order valence-corrected chi connectivity index (χ4v) is 2.21. The molecule has 0 aromatic carbocycles. The first-order valence-electron chi connectivity index (χ1n) is 7.09. The molecule has 0 amide bonds. The number of hydrogen-bond acceptors (Lipinski definition) is 3. The molecule has 0 bridgehead atoms. The summed E-state index contributed by atoms with van der Waals surface area (Å²) in [6.45, 7) is 10.1. The van der Waals surface area contributed by atoms with Crippen molar-refractivity contribution < 1.29 is 9.47 Å². The maximum absolute atomic E-state index is 8.79. The molecule has 3 nitrogen and oxygen atoms in total. The maximum Gasteiger partial charge on any atom is 0.154 e. The van der Waals surface area contributed by atoms with E-state index in [1.54, 1.807) is 0 Å². The van der Waals surface area contributed by atoms with Gasteiger partial charge < -0.3 is 9.47 Å². The molecule has 0 atom stereocenters. The van der Waals surface area contributed by atoms with Crippen molar-refractivity contribution in [3.8, 4) is 6.07 Å². The van der Waals surface area contributed by atoms with E-state index >= 15 is 0 Å². The van der Waals surface area contributed by atoms with Gasteiger partial charge in [-0.1, -0.05) is 13.8 Å². The van der Waals surface area contributed by atoms with Crippen molar-refractivity contribution in [3.63, 3.8) is 0 Å². The van der Waals surface area contributed by atoms with E-state index in [-0.39, 0.29) is 11.7 Å². The highest BCUT2D eigenvalue weighted by atomic mass is 16.7. The van der Waals surface area contributed by atoms with Crippen molar-refractivity contribution in [1.82, 2.24) is 0 Å². The lowest BCUT2D eigenvalue weighted by Gasteiger charge is -2.29. The van der Waals surface area contributed by atoms with E-state index in [0.717, 1.165) is 32.0 Å².